The van der Waals surface area contributed by atoms with E-state index in [9.17, 15) is 8.42 Å². The summed E-state index contributed by atoms with van der Waals surface area (Å²) < 4.78 is 24.6. The smallest absolute Gasteiger partial charge is 0.148 e. The van der Waals surface area contributed by atoms with E-state index in [-0.39, 0.29) is 16.7 Å². The van der Waals surface area contributed by atoms with Gasteiger partial charge in [0.25, 0.3) is 0 Å². The Morgan fingerprint density at radius 2 is 1.90 bits per heavy atom. The molecule has 1 saturated heterocycles. The van der Waals surface area contributed by atoms with Crippen LogP contribution in [0.15, 0.2) is 42.6 Å². The Morgan fingerprint density at radius 1 is 1.20 bits per heavy atom. The lowest BCUT2D eigenvalue weighted by molar-refractivity contribution is 0.133. The fourth-order valence-electron chi connectivity index (χ4n) is 4.53. The van der Waals surface area contributed by atoms with Gasteiger partial charge in [-0.05, 0) is 81.3 Å². The minimum absolute atomic E-state index is 0.203. The first-order valence-electron chi connectivity index (χ1n) is 10.4. The minimum Gasteiger partial charge on any atom is -0.293 e. The summed E-state index contributed by atoms with van der Waals surface area (Å²) in [6.07, 6.45) is 5.75. The molecule has 0 N–H and O–H groups in total. The van der Waals surface area contributed by atoms with E-state index in [4.69, 9.17) is 5.26 Å². The molecule has 1 aliphatic rings. The third-order valence-corrected chi connectivity index (χ3v) is 7.58. The maximum atomic E-state index is 12.3. The van der Waals surface area contributed by atoms with Crippen LogP contribution in [0.1, 0.15) is 49.1 Å². The molecule has 5 nitrogen and oxygen atoms in total. The summed E-state index contributed by atoms with van der Waals surface area (Å²) in [6, 6.07) is 13.9. The molecule has 1 aliphatic heterocycles. The zero-order valence-electron chi connectivity index (χ0n) is 18.4. The highest BCUT2D eigenvalue weighted by Crippen LogP contribution is 2.42. The Bertz CT molecular complexity index is 1020. The summed E-state index contributed by atoms with van der Waals surface area (Å²) in [5.41, 5.74) is 3.44. The van der Waals surface area contributed by atoms with Gasteiger partial charge in [0.2, 0.25) is 0 Å². The van der Waals surface area contributed by atoms with Crippen molar-refractivity contribution in [2.75, 3.05) is 25.1 Å². The highest BCUT2D eigenvalue weighted by Gasteiger charge is 2.45. The minimum atomic E-state index is -3.10. The number of nitrogens with zero attached hydrogens (tertiary/aromatic N) is 3. The molecule has 0 saturated carbocycles. The summed E-state index contributed by atoms with van der Waals surface area (Å²) in [5, 5.41) is 8.99. The maximum Gasteiger partial charge on any atom is 0.148 e. The van der Waals surface area contributed by atoms with Gasteiger partial charge in [-0.1, -0.05) is 18.2 Å². The van der Waals surface area contributed by atoms with Crippen molar-refractivity contribution in [1.82, 2.24) is 9.88 Å². The van der Waals surface area contributed by atoms with Gasteiger partial charge in [-0.15, -0.1) is 0 Å². The molecular formula is C24H31N3O2S. The first kappa shape index (κ1) is 22.5. The first-order valence-corrected chi connectivity index (χ1v) is 12.4. The SMILES string of the molecule is Cc1ccc(C(C)(C)N2CC[C@@](CCc3ccc(C#N)cc3)(CS(C)(=O)=O)C2)cn1. The van der Waals surface area contributed by atoms with Crippen molar-refractivity contribution in [3.05, 3.63) is 65.0 Å². The third-order valence-electron chi connectivity index (χ3n) is 6.44. The van der Waals surface area contributed by atoms with E-state index in [1.165, 1.54) is 6.26 Å². The van der Waals surface area contributed by atoms with E-state index in [1.54, 1.807) is 0 Å². The molecule has 2 heterocycles. The highest BCUT2D eigenvalue weighted by molar-refractivity contribution is 7.90. The summed E-state index contributed by atoms with van der Waals surface area (Å²) in [6.45, 7) is 7.97. The molecule has 1 aromatic heterocycles. The second-order valence-corrected chi connectivity index (χ2v) is 11.4. The van der Waals surface area contributed by atoms with Crippen molar-refractivity contribution in [2.45, 2.75) is 45.6 Å². The standard InChI is InChI=1S/C24H31N3O2S/c1-19-5-10-22(16-26-19)23(2,3)27-14-13-24(17-27,18-30(4,28)29)12-11-20-6-8-21(15-25)9-7-20/h5-10,16H,11-14,17-18H2,1-4H3/t24-/m1/s1. The van der Waals surface area contributed by atoms with Gasteiger partial charge < -0.3 is 0 Å². The maximum absolute atomic E-state index is 12.3. The Kier molecular flexibility index (Phi) is 6.35. The number of hydrogen-bond donors (Lipinski definition) is 0. The summed E-state index contributed by atoms with van der Waals surface area (Å²) in [7, 11) is -3.10. The predicted molar refractivity (Wildman–Crippen MR) is 120 cm³/mol. The number of hydrogen-bond acceptors (Lipinski definition) is 5. The van der Waals surface area contributed by atoms with E-state index < -0.39 is 9.84 Å². The van der Waals surface area contributed by atoms with E-state index in [0.717, 1.165) is 49.2 Å². The molecule has 0 aliphatic carbocycles. The van der Waals surface area contributed by atoms with E-state index >= 15 is 0 Å². The van der Waals surface area contributed by atoms with Crippen LogP contribution in [-0.2, 0) is 21.8 Å². The fourth-order valence-corrected chi connectivity index (χ4v) is 6.02. The molecule has 30 heavy (non-hydrogen) atoms. The number of nitriles is 1. The third kappa shape index (κ3) is 5.27. The van der Waals surface area contributed by atoms with Crippen LogP contribution < -0.4 is 0 Å². The van der Waals surface area contributed by atoms with Crippen LogP contribution in [0.3, 0.4) is 0 Å². The van der Waals surface area contributed by atoms with Gasteiger partial charge in [0.1, 0.15) is 9.84 Å². The van der Waals surface area contributed by atoms with Crippen LogP contribution in [-0.4, -0.2) is 43.4 Å². The molecule has 0 amide bonds. The molecule has 1 aromatic carbocycles. The van der Waals surface area contributed by atoms with E-state index in [0.29, 0.717) is 5.56 Å². The number of aromatic nitrogens is 1. The second kappa shape index (κ2) is 8.49. The fraction of sp³-hybridized carbons (Fsp3) is 0.500. The molecule has 1 fully saturated rings. The normalized spacial score (nSPS) is 20.2. The van der Waals surface area contributed by atoms with Crippen molar-refractivity contribution in [1.29, 1.82) is 5.26 Å². The largest absolute Gasteiger partial charge is 0.293 e. The topological polar surface area (TPSA) is 74.1 Å². The highest BCUT2D eigenvalue weighted by atomic mass is 32.2. The van der Waals surface area contributed by atoms with E-state index in [1.807, 2.05) is 43.5 Å². The van der Waals surface area contributed by atoms with Gasteiger partial charge in [-0.25, -0.2) is 8.42 Å². The van der Waals surface area contributed by atoms with Crippen LogP contribution in [0.5, 0.6) is 0 Å². The van der Waals surface area contributed by atoms with Gasteiger partial charge in [0.15, 0.2) is 0 Å². The van der Waals surface area contributed by atoms with Gasteiger partial charge >= 0.3 is 0 Å². The monoisotopic (exact) mass is 425 g/mol. The van der Waals surface area contributed by atoms with Crippen LogP contribution in [0.4, 0.5) is 0 Å². The summed E-state index contributed by atoms with van der Waals surface area (Å²) in [5.74, 6) is 0.203. The van der Waals surface area contributed by atoms with Crippen molar-refractivity contribution in [3.8, 4) is 6.07 Å². The molecule has 1 atom stereocenters. The number of pyridine rings is 1. The number of rotatable bonds is 7. The Balaban J connectivity index is 1.80. The lowest BCUT2D eigenvalue weighted by atomic mass is 9.82. The first-order chi connectivity index (χ1) is 14.0. The molecule has 2 aromatic rings. The molecule has 160 valence electrons. The molecule has 3 rings (SSSR count). The average Bonchev–Trinajstić information content (AvgIpc) is 3.10. The van der Waals surface area contributed by atoms with Crippen LogP contribution in [0.2, 0.25) is 0 Å². The van der Waals surface area contributed by atoms with Crippen molar-refractivity contribution in [2.24, 2.45) is 5.41 Å². The van der Waals surface area contributed by atoms with Crippen LogP contribution in [0.25, 0.3) is 0 Å². The predicted octanol–water partition coefficient (Wildman–Crippen LogP) is 3.87. The quantitative estimate of drug-likeness (QED) is 0.673. The number of likely N-dealkylation sites (tertiary alicyclic amines) is 1. The number of sulfone groups is 1. The summed E-state index contributed by atoms with van der Waals surface area (Å²) in [4.78, 5) is 6.86. The Morgan fingerprint density at radius 3 is 2.47 bits per heavy atom. The number of benzene rings is 1. The van der Waals surface area contributed by atoms with Crippen LogP contribution >= 0.6 is 0 Å². The second-order valence-electron chi connectivity index (χ2n) is 9.30. The lowest BCUT2D eigenvalue weighted by Gasteiger charge is -2.38. The Hall–Kier alpha value is -2.23. The zero-order valence-corrected chi connectivity index (χ0v) is 19.2. The van der Waals surface area contributed by atoms with Crippen molar-refractivity contribution >= 4 is 9.84 Å². The van der Waals surface area contributed by atoms with E-state index in [2.05, 4.69) is 35.9 Å². The molecule has 0 unspecified atom stereocenters. The number of aryl methyl sites for hydroxylation is 2. The van der Waals surface area contributed by atoms with Gasteiger partial charge in [0.05, 0.1) is 17.4 Å². The molecule has 0 bridgehead atoms. The molecule has 6 heteroatoms. The zero-order chi connectivity index (χ0) is 22.0. The molecular weight excluding hydrogens is 394 g/mol. The van der Waals surface area contributed by atoms with Crippen molar-refractivity contribution < 1.29 is 8.42 Å². The van der Waals surface area contributed by atoms with Crippen molar-refractivity contribution in [3.63, 3.8) is 0 Å². The van der Waals surface area contributed by atoms with Gasteiger partial charge in [-0.2, -0.15) is 5.26 Å². The average molecular weight is 426 g/mol. The van der Waals surface area contributed by atoms with Crippen LogP contribution in [0, 0.1) is 23.7 Å². The van der Waals surface area contributed by atoms with Gasteiger partial charge in [-0.3, -0.25) is 9.88 Å². The van der Waals surface area contributed by atoms with Gasteiger partial charge in [0, 0.05) is 30.2 Å². The Labute approximate surface area is 180 Å². The summed E-state index contributed by atoms with van der Waals surface area (Å²) >= 11 is 0. The molecule has 0 spiro atoms. The molecule has 0 radical (unpaired) electrons. The lowest BCUT2D eigenvalue weighted by Crippen LogP contribution is -2.43.